The number of benzene rings is 4. The van der Waals surface area contributed by atoms with Gasteiger partial charge in [-0.15, -0.1) is 0 Å². The van der Waals surface area contributed by atoms with Gasteiger partial charge < -0.3 is 23.9 Å². The molecule has 1 amide bonds. The highest BCUT2D eigenvalue weighted by Crippen LogP contribution is 2.29. The van der Waals surface area contributed by atoms with Gasteiger partial charge in [-0.3, -0.25) is 4.79 Å². The monoisotopic (exact) mass is 618 g/mol. The predicted molar refractivity (Wildman–Crippen MR) is 180 cm³/mol. The molecule has 4 aromatic heterocycles. The Bertz CT molecular complexity index is 2400. The molecule has 0 fully saturated rings. The summed E-state index contributed by atoms with van der Waals surface area (Å²) in [4.78, 5) is 29.4. The molecule has 1 unspecified atom stereocenters. The topological polar surface area (TPSA) is 116 Å². The number of oxazole rings is 2. The van der Waals surface area contributed by atoms with Crippen LogP contribution in [-0.2, 0) is 6.54 Å². The van der Waals surface area contributed by atoms with Crippen molar-refractivity contribution in [1.29, 1.82) is 0 Å². The summed E-state index contributed by atoms with van der Waals surface area (Å²) in [5.74, 6) is 0.871. The van der Waals surface area contributed by atoms with Gasteiger partial charge in [-0.2, -0.15) is 0 Å². The summed E-state index contributed by atoms with van der Waals surface area (Å²) in [6, 6.07) is 31.0. The van der Waals surface area contributed by atoms with Crippen molar-refractivity contribution in [1.82, 2.24) is 24.3 Å². The Labute approximate surface area is 269 Å². The Morgan fingerprint density at radius 3 is 2.00 bits per heavy atom. The van der Waals surface area contributed by atoms with E-state index in [1.54, 1.807) is 23.4 Å². The zero-order valence-electron chi connectivity index (χ0n) is 25.8. The minimum absolute atomic E-state index is 0.204. The molecule has 2 N–H and O–H groups in total. The Morgan fingerprint density at radius 1 is 0.787 bits per heavy atom. The molecule has 0 aliphatic rings. The van der Waals surface area contributed by atoms with Crippen molar-refractivity contribution in [2.24, 2.45) is 5.73 Å². The number of imidazole rings is 1. The van der Waals surface area contributed by atoms with Gasteiger partial charge >= 0.3 is 0 Å². The number of aromatic nitrogens is 4. The molecule has 4 heterocycles. The molecule has 0 aliphatic carbocycles. The Kier molecular flexibility index (Phi) is 6.88. The van der Waals surface area contributed by atoms with E-state index in [9.17, 15) is 4.79 Å². The number of rotatable bonds is 7. The number of amides is 1. The number of nitrogens with two attached hydrogens (primary N) is 1. The first-order valence-corrected chi connectivity index (χ1v) is 15.3. The second-order valence-corrected chi connectivity index (χ2v) is 11.8. The van der Waals surface area contributed by atoms with Crippen LogP contribution in [0.25, 0.3) is 50.8 Å². The van der Waals surface area contributed by atoms with Crippen LogP contribution in [-0.4, -0.2) is 30.2 Å². The standard InChI is InChI=1S/C38H30N6O3/c1-23-3-14-30-32(19-23)46-36(41-30)27-7-5-25(6-8-27)21-44(38(45)29-13-16-34-40-17-18-43(34)22-29)35(39)26-9-11-28(12-10-26)37-42-31-15-4-24(2)20-33(31)47-37/h3-20,22,35H,21,39H2,1-2H3. The molecule has 9 heteroatoms. The number of fused-ring (bicyclic) bond motifs is 3. The van der Waals surface area contributed by atoms with Crippen LogP contribution in [0.5, 0.6) is 0 Å². The van der Waals surface area contributed by atoms with Crippen molar-refractivity contribution in [3.63, 3.8) is 0 Å². The number of aryl methyl sites for hydroxylation is 2. The summed E-state index contributed by atoms with van der Waals surface area (Å²) < 4.78 is 13.9. The molecule has 0 aliphatic heterocycles. The van der Waals surface area contributed by atoms with Crippen LogP contribution in [0.3, 0.4) is 0 Å². The Hall–Kier alpha value is -6.06. The van der Waals surface area contributed by atoms with E-state index >= 15 is 0 Å². The fourth-order valence-electron chi connectivity index (χ4n) is 5.77. The van der Waals surface area contributed by atoms with Gasteiger partial charge in [0.25, 0.3) is 5.91 Å². The second-order valence-electron chi connectivity index (χ2n) is 11.8. The molecule has 9 nitrogen and oxygen atoms in total. The average Bonchev–Trinajstić information content (AvgIpc) is 3.84. The molecule has 47 heavy (non-hydrogen) atoms. The van der Waals surface area contributed by atoms with Gasteiger partial charge in [0.15, 0.2) is 11.2 Å². The normalized spacial score (nSPS) is 12.2. The highest BCUT2D eigenvalue weighted by atomic mass is 16.4. The van der Waals surface area contributed by atoms with Crippen molar-refractivity contribution in [2.75, 3.05) is 0 Å². The van der Waals surface area contributed by atoms with Crippen molar-refractivity contribution in [3.05, 3.63) is 143 Å². The molecule has 0 bridgehead atoms. The van der Waals surface area contributed by atoms with Gasteiger partial charge in [-0.05, 0) is 96.8 Å². The van der Waals surface area contributed by atoms with Gasteiger partial charge in [0.1, 0.15) is 22.8 Å². The smallest absolute Gasteiger partial charge is 0.257 e. The zero-order chi connectivity index (χ0) is 32.1. The molecule has 4 aromatic carbocycles. The van der Waals surface area contributed by atoms with Gasteiger partial charge in [0.2, 0.25) is 11.8 Å². The first-order chi connectivity index (χ1) is 22.9. The van der Waals surface area contributed by atoms with Gasteiger partial charge in [0, 0.05) is 36.3 Å². The summed E-state index contributed by atoms with van der Waals surface area (Å²) in [7, 11) is 0. The third-order valence-electron chi connectivity index (χ3n) is 8.37. The lowest BCUT2D eigenvalue weighted by Crippen LogP contribution is -2.39. The fourth-order valence-corrected chi connectivity index (χ4v) is 5.77. The van der Waals surface area contributed by atoms with Crippen LogP contribution in [0.2, 0.25) is 0 Å². The Morgan fingerprint density at radius 2 is 1.38 bits per heavy atom. The van der Waals surface area contributed by atoms with Crippen LogP contribution in [0.15, 0.2) is 124 Å². The van der Waals surface area contributed by atoms with Crippen LogP contribution in [0.4, 0.5) is 0 Å². The molecule has 0 saturated carbocycles. The van der Waals surface area contributed by atoms with Crippen molar-refractivity contribution < 1.29 is 13.6 Å². The van der Waals surface area contributed by atoms with Crippen molar-refractivity contribution in [3.8, 4) is 22.9 Å². The molecule has 0 saturated heterocycles. The SMILES string of the molecule is Cc1ccc2nc(-c3ccc(CN(C(=O)c4ccc5nccn5c4)C(N)c4ccc(-c5nc6ccc(C)cc6o5)cc4)cc3)oc2c1. The third kappa shape index (κ3) is 5.43. The molecular formula is C38H30N6O3. The minimum atomic E-state index is -0.735. The largest absolute Gasteiger partial charge is 0.436 e. The van der Waals surface area contributed by atoms with Crippen molar-refractivity contribution in [2.45, 2.75) is 26.6 Å². The van der Waals surface area contributed by atoms with Crippen LogP contribution < -0.4 is 5.73 Å². The molecule has 8 aromatic rings. The van der Waals surface area contributed by atoms with E-state index in [4.69, 9.17) is 14.6 Å². The summed E-state index contributed by atoms with van der Waals surface area (Å²) >= 11 is 0. The number of carbonyl (C=O) groups is 1. The molecule has 0 spiro atoms. The van der Waals surface area contributed by atoms with E-state index in [-0.39, 0.29) is 12.5 Å². The maximum absolute atomic E-state index is 14.1. The van der Waals surface area contributed by atoms with Crippen molar-refractivity contribution >= 4 is 33.8 Å². The van der Waals surface area contributed by atoms with E-state index in [0.717, 1.165) is 61.2 Å². The lowest BCUT2D eigenvalue weighted by atomic mass is 10.1. The maximum Gasteiger partial charge on any atom is 0.257 e. The van der Waals surface area contributed by atoms with E-state index in [0.29, 0.717) is 17.3 Å². The highest BCUT2D eigenvalue weighted by molar-refractivity contribution is 5.94. The van der Waals surface area contributed by atoms with Gasteiger partial charge in [-0.25, -0.2) is 15.0 Å². The van der Waals surface area contributed by atoms with E-state index in [2.05, 4.69) is 15.0 Å². The predicted octanol–water partition coefficient (Wildman–Crippen LogP) is 7.87. The number of nitrogens with zero attached hydrogens (tertiary/aromatic N) is 5. The van der Waals surface area contributed by atoms with E-state index < -0.39 is 6.17 Å². The first kappa shape index (κ1) is 28.4. The number of pyridine rings is 1. The summed E-state index contributed by atoms with van der Waals surface area (Å²) in [6.45, 7) is 4.32. The van der Waals surface area contributed by atoms with E-state index in [1.165, 1.54) is 0 Å². The van der Waals surface area contributed by atoms with Gasteiger partial charge in [-0.1, -0.05) is 36.4 Å². The second kappa shape index (κ2) is 11.4. The first-order valence-electron chi connectivity index (χ1n) is 15.3. The summed E-state index contributed by atoms with van der Waals surface area (Å²) in [5.41, 5.74) is 16.8. The quantitative estimate of drug-likeness (QED) is 0.181. The Balaban J connectivity index is 1.09. The molecule has 8 rings (SSSR count). The van der Waals surface area contributed by atoms with Gasteiger partial charge in [0.05, 0.1) is 5.56 Å². The van der Waals surface area contributed by atoms with Crippen LogP contribution in [0, 0.1) is 13.8 Å². The fraction of sp³-hybridized carbons (Fsp3) is 0.105. The highest BCUT2D eigenvalue weighted by Gasteiger charge is 2.25. The number of carbonyl (C=O) groups excluding carboxylic acids is 1. The summed E-state index contributed by atoms with van der Waals surface area (Å²) in [6.07, 6.45) is 4.56. The number of hydrogen-bond acceptors (Lipinski definition) is 7. The molecular weight excluding hydrogens is 588 g/mol. The zero-order valence-corrected chi connectivity index (χ0v) is 25.8. The van der Waals surface area contributed by atoms with Crippen LogP contribution in [0.1, 0.15) is 38.8 Å². The lowest BCUT2D eigenvalue weighted by molar-refractivity contribution is 0.0662. The number of hydrogen-bond donors (Lipinski definition) is 1. The van der Waals surface area contributed by atoms with Crippen LogP contribution >= 0.6 is 0 Å². The average molecular weight is 619 g/mol. The minimum Gasteiger partial charge on any atom is -0.436 e. The maximum atomic E-state index is 14.1. The third-order valence-corrected chi connectivity index (χ3v) is 8.37. The molecule has 1 atom stereocenters. The summed E-state index contributed by atoms with van der Waals surface area (Å²) in [5, 5.41) is 0. The lowest BCUT2D eigenvalue weighted by Gasteiger charge is -2.30. The van der Waals surface area contributed by atoms with E-state index in [1.807, 2.05) is 115 Å². The molecule has 0 radical (unpaired) electrons. The molecule has 230 valence electrons.